The third-order valence-corrected chi connectivity index (χ3v) is 8.31. The Morgan fingerprint density at radius 3 is 1.89 bits per heavy atom. The minimum Gasteiger partial charge on any atom is -0.300 e. The van der Waals surface area contributed by atoms with Gasteiger partial charge in [-0.05, 0) is 42.3 Å². The maximum absolute atomic E-state index is 14.2. The Hall–Kier alpha value is -2.35. The lowest BCUT2D eigenvalue weighted by Gasteiger charge is -2.49. The number of fused-ring (bicyclic) bond motifs is 1. The standard InChI is InChI=1S/C24H12Cl5FN2O3/c1-9-5-6-12(8-13(9)25)31-20(10-3-2-4-11(30)7-10)21(24(31)35)32-22(33)14-15(23(32)34)17(27)19(29)18(28)16(14)26/h2-8,20-21H,1H3/t20-,21-/m1/s1. The van der Waals surface area contributed by atoms with Crippen LogP contribution in [0.25, 0.3) is 0 Å². The van der Waals surface area contributed by atoms with Gasteiger partial charge in [-0.25, -0.2) is 4.39 Å². The highest BCUT2D eigenvalue weighted by molar-refractivity contribution is 6.55. The summed E-state index contributed by atoms with van der Waals surface area (Å²) in [7, 11) is 0. The van der Waals surface area contributed by atoms with E-state index in [0.717, 1.165) is 10.5 Å². The minimum absolute atomic E-state index is 0.183. The summed E-state index contributed by atoms with van der Waals surface area (Å²) in [6, 6.07) is 8.35. The van der Waals surface area contributed by atoms with Crippen LogP contribution in [-0.2, 0) is 4.79 Å². The second kappa shape index (κ2) is 8.64. The van der Waals surface area contributed by atoms with Crippen LogP contribution in [0.5, 0.6) is 0 Å². The van der Waals surface area contributed by atoms with E-state index < -0.39 is 35.6 Å². The van der Waals surface area contributed by atoms with Crippen LogP contribution in [0.4, 0.5) is 10.1 Å². The number of anilines is 1. The lowest BCUT2D eigenvalue weighted by Crippen LogP contribution is -2.67. The molecule has 0 radical (unpaired) electrons. The van der Waals surface area contributed by atoms with Crippen LogP contribution in [0.3, 0.4) is 0 Å². The summed E-state index contributed by atoms with van der Waals surface area (Å²) in [6.45, 7) is 1.80. The van der Waals surface area contributed by atoms with Crippen molar-refractivity contribution in [1.82, 2.24) is 4.90 Å². The first-order chi connectivity index (χ1) is 16.5. The third-order valence-electron chi connectivity index (χ3n) is 6.10. The quantitative estimate of drug-likeness (QED) is 0.145. The van der Waals surface area contributed by atoms with Crippen LogP contribution in [0.2, 0.25) is 25.1 Å². The zero-order valence-electron chi connectivity index (χ0n) is 17.6. The number of halogens is 6. The third kappa shape index (κ3) is 3.54. The molecule has 2 atom stereocenters. The fourth-order valence-corrected chi connectivity index (χ4v) is 5.57. The predicted molar refractivity (Wildman–Crippen MR) is 134 cm³/mol. The van der Waals surface area contributed by atoms with Gasteiger partial charge in [0.1, 0.15) is 11.9 Å². The Labute approximate surface area is 223 Å². The van der Waals surface area contributed by atoms with Crippen LogP contribution in [0, 0.1) is 12.7 Å². The molecular formula is C24H12Cl5FN2O3. The maximum Gasteiger partial charge on any atom is 0.264 e. The molecule has 178 valence electrons. The van der Waals surface area contributed by atoms with Crippen LogP contribution in [0.1, 0.15) is 37.9 Å². The fraction of sp³-hybridized carbons (Fsp3) is 0.125. The Balaban J connectivity index is 1.65. The first-order valence-electron chi connectivity index (χ1n) is 10.1. The molecule has 2 heterocycles. The van der Waals surface area contributed by atoms with Crippen LogP contribution in [0.15, 0.2) is 42.5 Å². The molecule has 1 fully saturated rings. The predicted octanol–water partition coefficient (Wildman–Crippen LogP) is 7.15. The van der Waals surface area contributed by atoms with E-state index in [9.17, 15) is 18.8 Å². The number of nitrogens with zero attached hydrogens (tertiary/aromatic N) is 2. The molecule has 35 heavy (non-hydrogen) atoms. The molecular weight excluding hydrogens is 561 g/mol. The van der Waals surface area contributed by atoms with Crippen molar-refractivity contribution in [2.24, 2.45) is 0 Å². The summed E-state index contributed by atoms with van der Waals surface area (Å²) in [5, 5.41) is -0.433. The monoisotopic (exact) mass is 570 g/mol. The van der Waals surface area contributed by atoms with Crippen molar-refractivity contribution >= 4 is 81.4 Å². The van der Waals surface area contributed by atoms with Crippen LogP contribution in [-0.4, -0.2) is 28.7 Å². The van der Waals surface area contributed by atoms with E-state index in [1.165, 1.54) is 23.1 Å². The summed E-state index contributed by atoms with van der Waals surface area (Å²) in [5.41, 5.74) is 1.11. The summed E-state index contributed by atoms with van der Waals surface area (Å²) in [5.74, 6) is -2.82. The zero-order chi connectivity index (χ0) is 25.3. The van der Waals surface area contributed by atoms with Gasteiger partial charge >= 0.3 is 0 Å². The van der Waals surface area contributed by atoms with E-state index in [2.05, 4.69) is 0 Å². The van der Waals surface area contributed by atoms with Gasteiger partial charge < -0.3 is 4.90 Å². The van der Waals surface area contributed by atoms with Crippen molar-refractivity contribution in [2.75, 3.05) is 4.90 Å². The number of hydrogen-bond acceptors (Lipinski definition) is 3. The van der Waals surface area contributed by atoms with E-state index in [-0.39, 0.29) is 31.2 Å². The zero-order valence-corrected chi connectivity index (χ0v) is 21.4. The molecule has 0 aliphatic carbocycles. The second-order valence-corrected chi connectivity index (χ2v) is 9.99. The SMILES string of the molecule is Cc1ccc(N2C(=O)[C@H](N3C(=O)c4c(Cl)c(Cl)c(Cl)c(Cl)c4C3=O)[C@H]2c2cccc(F)c2)cc1Cl. The summed E-state index contributed by atoms with van der Waals surface area (Å²) in [4.78, 5) is 42.4. The molecule has 5 nitrogen and oxygen atoms in total. The number of imide groups is 1. The fourth-order valence-electron chi connectivity index (χ4n) is 4.39. The number of carbonyl (C=O) groups is 3. The van der Waals surface area contributed by atoms with Crippen molar-refractivity contribution in [3.8, 4) is 0 Å². The van der Waals surface area contributed by atoms with E-state index in [0.29, 0.717) is 16.3 Å². The molecule has 3 aromatic rings. The van der Waals surface area contributed by atoms with Gasteiger partial charge in [0.25, 0.3) is 17.7 Å². The molecule has 5 rings (SSSR count). The highest BCUT2D eigenvalue weighted by atomic mass is 35.5. The number of benzene rings is 3. The number of rotatable bonds is 3. The second-order valence-electron chi connectivity index (χ2n) is 8.07. The Morgan fingerprint density at radius 1 is 0.743 bits per heavy atom. The van der Waals surface area contributed by atoms with Crippen LogP contribution >= 0.6 is 58.0 Å². The smallest absolute Gasteiger partial charge is 0.264 e. The van der Waals surface area contributed by atoms with Crippen molar-refractivity contribution in [3.63, 3.8) is 0 Å². The van der Waals surface area contributed by atoms with Gasteiger partial charge in [-0.15, -0.1) is 0 Å². The molecule has 0 bridgehead atoms. The molecule has 2 aliphatic rings. The van der Waals surface area contributed by atoms with Gasteiger partial charge in [0.2, 0.25) is 0 Å². The Bertz CT molecular complexity index is 1430. The molecule has 1 saturated heterocycles. The van der Waals surface area contributed by atoms with Gasteiger partial charge in [-0.2, -0.15) is 0 Å². The van der Waals surface area contributed by atoms with Gasteiger partial charge in [-0.3, -0.25) is 19.3 Å². The van der Waals surface area contributed by atoms with Gasteiger partial charge in [-0.1, -0.05) is 76.2 Å². The van der Waals surface area contributed by atoms with Crippen molar-refractivity contribution in [3.05, 3.63) is 95.6 Å². The van der Waals surface area contributed by atoms with E-state index in [1.54, 1.807) is 31.2 Å². The number of hydrogen-bond donors (Lipinski definition) is 0. The number of β-lactam (4-membered cyclic amide) rings is 1. The normalized spacial score (nSPS) is 19.3. The lowest BCUT2D eigenvalue weighted by molar-refractivity contribution is -0.130. The van der Waals surface area contributed by atoms with E-state index >= 15 is 0 Å². The van der Waals surface area contributed by atoms with E-state index in [1.807, 2.05) is 0 Å². The summed E-state index contributed by atoms with van der Waals surface area (Å²) in [6.07, 6.45) is 0. The summed E-state index contributed by atoms with van der Waals surface area (Å²) < 4.78 is 14.2. The maximum atomic E-state index is 14.2. The van der Waals surface area contributed by atoms with Gasteiger partial charge in [0, 0.05) is 10.7 Å². The van der Waals surface area contributed by atoms with Crippen molar-refractivity contribution in [2.45, 2.75) is 19.0 Å². The molecule has 2 aliphatic heterocycles. The number of carbonyl (C=O) groups excluding carboxylic acids is 3. The van der Waals surface area contributed by atoms with Gasteiger partial charge in [0.05, 0.1) is 37.3 Å². The number of aryl methyl sites for hydroxylation is 1. The molecule has 0 aromatic heterocycles. The highest BCUT2D eigenvalue weighted by Crippen LogP contribution is 2.49. The first kappa shape index (κ1) is 24.3. The topological polar surface area (TPSA) is 57.7 Å². The van der Waals surface area contributed by atoms with Crippen molar-refractivity contribution in [1.29, 1.82) is 0 Å². The Kier molecular flexibility index (Phi) is 6.01. The minimum atomic E-state index is -1.30. The molecule has 0 N–H and O–H groups in total. The molecule has 11 heteroatoms. The largest absolute Gasteiger partial charge is 0.300 e. The lowest BCUT2D eigenvalue weighted by atomic mass is 9.86. The van der Waals surface area contributed by atoms with Crippen molar-refractivity contribution < 1.29 is 18.8 Å². The molecule has 0 spiro atoms. The highest BCUT2D eigenvalue weighted by Gasteiger charge is 2.58. The average Bonchev–Trinajstić information content (AvgIpc) is 3.07. The summed E-state index contributed by atoms with van der Waals surface area (Å²) >= 11 is 30.9. The molecule has 0 saturated carbocycles. The van der Waals surface area contributed by atoms with E-state index in [4.69, 9.17) is 58.0 Å². The van der Waals surface area contributed by atoms with Crippen LogP contribution < -0.4 is 4.90 Å². The number of amides is 3. The molecule has 3 aromatic carbocycles. The van der Waals surface area contributed by atoms with Gasteiger partial charge in [0.15, 0.2) is 0 Å². The molecule has 3 amide bonds. The Morgan fingerprint density at radius 2 is 1.34 bits per heavy atom. The molecule has 0 unspecified atom stereocenters. The average molecular weight is 573 g/mol. The first-order valence-corrected chi connectivity index (χ1v) is 12.0.